The highest BCUT2D eigenvalue weighted by atomic mass is 32.2. The van der Waals surface area contributed by atoms with Crippen molar-refractivity contribution in [2.45, 2.75) is 6.92 Å². The highest BCUT2D eigenvalue weighted by Crippen LogP contribution is 2.12. The van der Waals surface area contributed by atoms with E-state index >= 15 is 0 Å². The molecule has 0 saturated heterocycles. The summed E-state index contributed by atoms with van der Waals surface area (Å²) < 4.78 is 21.9. The number of thiocarbonyl (C=S) groups is 1. The van der Waals surface area contributed by atoms with Gasteiger partial charge in [0.1, 0.15) is 0 Å². The first-order valence-corrected chi connectivity index (χ1v) is 7.33. The molecule has 0 aliphatic rings. The molecule has 0 atom stereocenters. The highest BCUT2D eigenvalue weighted by molar-refractivity contribution is 7.88. The third-order valence-corrected chi connectivity index (χ3v) is 2.77. The van der Waals surface area contributed by atoms with E-state index in [-0.39, 0.29) is 0 Å². The van der Waals surface area contributed by atoms with Gasteiger partial charge in [0.15, 0.2) is 5.11 Å². The van der Waals surface area contributed by atoms with Crippen LogP contribution in [0.4, 0.5) is 5.69 Å². The average Bonchev–Trinajstić information content (AvgIpc) is 2.28. The normalized spacial score (nSPS) is 10.9. The first-order chi connectivity index (χ1) is 7.94. The first kappa shape index (κ1) is 13.9. The van der Waals surface area contributed by atoms with Crippen LogP contribution in [0.2, 0.25) is 0 Å². The van der Waals surface area contributed by atoms with Crippen LogP contribution in [0.1, 0.15) is 6.92 Å². The van der Waals surface area contributed by atoms with E-state index in [1.54, 1.807) is 4.90 Å². The summed E-state index contributed by atoms with van der Waals surface area (Å²) in [5, 5.41) is 0.309. The SMILES string of the molecule is CCN(C(=S)NNS(C)(=O)=O)c1ccccc1. The van der Waals surface area contributed by atoms with Crippen molar-refractivity contribution in [2.75, 3.05) is 17.7 Å². The molecule has 0 aromatic heterocycles. The van der Waals surface area contributed by atoms with E-state index in [9.17, 15) is 8.42 Å². The predicted molar refractivity (Wildman–Crippen MR) is 73.2 cm³/mol. The molecule has 17 heavy (non-hydrogen) atoms. The summed E-state index contributed by atoms with van der Waals surface area (Å²) in [6.45, 7) is 2.57. The number of benzene rings is 1. The molecule has 0 radical (unpaired) electrons. The van der Waals surface area contributed by atoms with Crippen LogP contribution in [0, 0.1) is 0 Å². The van der Waals surface area contributed by atoms with Crippen molar-refractivity contribution >= 4 is 33.0 Å². The van der Waals surface area contributed by atoms with Gasteiger partial charge in [0.2, 0.25) is 10.0 Å². The minimum atomic E-state index is -3.32. The maximum atomic E-state index is 10.9. The van der Waals surface area contributed by atoms with Crippen molar-refractivity contribution in [1.29, 1.82) is 0 Å². The number of hydrogen-bond acceptors (Lipinski definition) is 3. The minimum absolute atomic E-state index is 0.309. The molecule has 1 aromatic rings. The number of rotatable bonds is 4. The standard InChI is InChI=1S/C10H15N3O2S2/c1-3-13(9-7-5-4-6-8-9)10(16)11-12-17(2,14)15/h4-8,12H,3H2,1-2H3,(H,11,16). The molecule has 1 rings (SSSR count). The van der Waals surface area contributed by atoms with Gasteiger partial charge in [-0.2, -0.15) is 0 Å². The topological polar surface area (TPSA) is 61.4 Å². The van der Waals surface area contributed by atoms with Crippen molar-refractivity contribution in [3.63, 3.8) is 0 Å². The van der Waals surface area contributed by atoms with Crippen molar-refractivity contribution in [3.05, 3.63) is 30.3 Å². The summed E-state index contributed by atoms with van der Waals surface area (Å²) in [5.41, 5.74) is 3.40. The van der Waals surface area contributed by atoms with Gasteiger partial charge >= 0.3 is 0 Å². The van der Waals surface area contributed by atoms with E-state index in [4.69, 9.17) is 12.2 Å². The van der Waals surface area contributed by atoms with Gasteiger partial charge in [-0.05, 0) is 31.3 Å². The second-order valence-electron chi connectivity index (χ2n) is 3.38. The molecule has 1 aromatic carbocycles. The number of para-hydroxylation sites is 1. The molecule has 0 bridgehead atoms. The Morgan fingerprint density at radius 1 is 1.35 bits per heavy atom. The van der Waals surface area contributed by atoms with Gasteiger partial charge in [-0.3, -0.25) is 5.43 Å². The molecule has 0 aliphatic heterocycles. The zero-order valence-electron chi connectivity index (χ0n) is 9.67. The molecular formula is C10H15N3O2S2. The number of nitrogens with one attached hydrogen (secondary N) is 2. The molecule has 0 fully saturated rings. The van der Waals surface area contributed by atoms with Crippen LogP contribution in [-0.2, 0) is 10.0 Å². The summed E-state index contributed by atoms with van der Waals surface area (Å²) in [4.78, 5) is 3.93. The molecule has 2 N–H and O–H groups in total. The summed E-state index contributed by atoms with van der Waals surface area (Å²) in [6, 6.07) is 9.49. The van der Waals surface area contributed by atoms with Crippen LogP contribution in [0.5, 0.6) is 0 Å². The predicted octanol–water partition coefficient (Wildman–Crippen LogP) is 0.852. The Balaban J connectivity index is 2.72. The number of anilines is 1. The molecule has 0 spiro atoms. The van der Waals surface area contributed by atoms with Gasteiger partial charge < -0.3 is 4.90 Å². The Morgan fingerprint density at radius 2 is 1.94 bits per heavy atom. The third kappa shape index (κ3) is 4.68. The lowest BCUT2D eigenvalue weighted by molar-refractivity contribution is 0.583. The Kier molecular flexibility index (Phi) is 4.86. The molecular weight excluding hydrogens is 258 g/mol. The van der Waals surface area contributed by atoms with Crippen LogP contribution in [-0.4, -0.2) is 26.3 Å². The number of hydrogen-bond donors (Lipinski definition) is 2. The summed E-state index contributed by atoms with van der Waals surface area (Å²) in [7, 11) is -3.32. The molecule has 0 heterocycles. The van der Waals surface area contributed by atoms with Crippen molar-refractivity contribution in [2.24, 2.45) is 0 Å². The number of hydrazine groups is 1. The van der Waals surface area contributed by atoms with Crippen molar-refractivity contribution < 1.29 is 8.42 Å². The zero-order chi connectivity index (χ0) is 12.9. The maximum absolute atomic E-state index is 10.9. The van der Waals surface area contributed by atoms with Gasteiger partial charge in [-0.15, -0.1) is 4.83 Å². The van der Waals surface area contributed by atoms with Gasteiger partial charge in [0.25, 0.3) is 0 Å². The molecule has 0 amide bonds. The zero-order valence-corrected chi connectivity index (χ0v) is 11.3. The second kappa shape index (κ2) is 5.95. The van der Waals surface area contributed by atoms with Gasteiger partial charge in [-0.25, -0.2) is 8.42 Å². The molecule has 0 saturated carbocycles. The maximum Gasteiger partial charge on any atom is 0.225 e. The largest absolute Gasteiger partial charge is 0.318 e. The van der Waals surface area contributed by atoms with Crippen LogP contribution in [0.3, 0.4) is 0 Å². The summed E-state index contributed by atoms with van der Waals surface area (Å²) in [5.74, 6) is 0. The Hall–Kier alpha value is -1.18. The first-order valence-electron chi connectivity index (χ1n) is 5.03. The quantitative estimate of drug-likeness (QED) is 0.629. The van der Waals surface area contributed by atoms with E-state index in [2.05, 4.69) is 10.3 Å². The van der Waals surface area contributed by atoms with E-state index in [0.29, 0.717) is 11.7 Å². The van der Waals surface area contributed by atoms with Crippen LogP contribution >= 0.6 is 12.2 Å². The fourth-order valence-corrected chi connectivity index (χ4v) is 1.89. The van der Waals surface area contributed by atoms with Gasteiger partial charge in [0, 0.05) is 12.2 Å². The van der Waals surface area contributed by atoms with Crippen LogP contribution in [0.15, 0.2) is 30.3 Å². The summed E-state index contributed by atoms with van der Waals surface area (Å²) >= 11 is 5.11. The fourth-order valence-electron chi connectivity index (χ4n) is 1.26. The highest BCUT2D eigenvalue weighted by Gasteiger charge is 2.10. The van der Waals surface area contributed by atoms with Gasteiger partial charge in [-0.1, -0.05) is 18.2 Å². The lowest BCUT2D eigenvalue weighted by Crippen LogP contribution is -2.48. The lowest BCUT2D eigenvalue weighted by Gasteiger charge is -2.24. The smallest absolute Gasteiger partial charge is 0.225 e. The van der Waals surface area contributed by atoms with Gasteiger partial charge in [0.05, 0.1) is 6.26 Å². The number of nitrogens with zero attached hydrogens (tertiary/aromatic N) is 1. The van der Waals surface area contributed by atoms with Crippen molar-refractivity contribution in [1.82, 2.24) is 10.3 Å². The lowest BCUT2D eigenvalue weighted by atomic mass is 10.3. The molecule has 0 unspecified atom stereocenters. The second-order valence-corrected chi connectivity index (χ2v) is 5.52. The van der Waals surface area contributed by atoms with Crippen LogP contribution in [0.25, 0.3) is 0 Å². The number of sulfonamides is 1. The Bertz CT molecular complexity index is 474. The Morgan fingerprint density at radius 3 is 2.41 bits per heavy atom. The summed E-state index contributed by atoms with van der Waals surface area (Å²) in [6.07, 6.45) is 1.06. The Labute approximate surface area is 107 Å². The average molecular weight is 273 g/mol. The van der Waals surface area contributed by atoms with E-state index < -0.39 is 10.0 Å². The molecule has 94 valence electrons. The third-order valence-electron chi connectivity index (χ3n) is 1.97. The monoisotopic (exact) mass is 273 g/mol. The van der Waals surface area contributed by atoms with E-state index in [1.165, 1.54) is 0 Å². The molecule has 5 nitrogen and oxygen atoms in total. The minimum Gasteiger partial charge on any atom is -0.318 e. The van der Waals surface area contributed by atoms with Crippen LogP contribution < -0.4 is 15.2 Å². The molecule has 7 heteroatoms. The van der Waals surface area contributed by atoms with E-state index in [1.807, 2.05) is 37.3 Å². The fraction of sp³-hybridized carbons (Fsp3) is 0.300. The molecule has 0 aliphatic carbocycles. The van der Waals surface area contributed by atoms with Crippen molar-refractivity contribution in [3.8, 4) is 0 Å². The van der Waals surface area contributed by atoms with E-state index in [0.717, 1.165) is 11.9 Å².